The van der Waals surface area contributed by atoms with Crippen LogP contribution in [0.3, 0.4) is 0 Å². The summed E-state index contributed by atoms with van der Waals surface area (Å²) in [5.41, 5.74) is 12.5. The second-order valence-electron chi connectivity index (χ2n) is 13.6. The van der Waals surface area contributed by atoms with Crippen molar-refractivity contribution in [2.45, 2.75) is 19.8 Å². The quantitative estimate of drug-likeness (QED) is 0.119. The molecule has 0 aliphatic carbocycles. The van der Waals surface area contributed by atoms with Gasteiger partial charge in [0.05, 0.1) is 0 Å². The molecule has 0 bridgehead atoms. The average Bonchev–Trinajstić information content (AvgIpc) is 3.20. The van der Waals surface area contributed by atoms with Gasteiger partial charge in [-0.2, -0.15) is 0 Å². The minimum Gasteiger partial charge on any atom is -0.0985 e. The SMILES string of the molecule is C=Cc1cc(-c2cccc(-c3c4ccccc4c(-c4ccc(-c5cc6ccccc6c6ccccc56)cc4)c4ccccc34)c2)ccc1CCC. The van der Waals surface area contributed by atoms with Gasteiger partial charge in [0.25, 0.3) is 0 Å². The van der Waals surface area contributed by atoms with Crippen LogP contribution in [0.15, 0.2) is 176 Å². The molecule has 0 aliphatic rings. The van der Waals surface area contributed by atoms with Gasteiger partial charge in [0, 0.05) is 0 Å². The lowest BCUT2D eigenvalue weighted by Crippen LogP contribution is -1.92. The van der Waals surface area contributed by atoms with E-state index in [9.17, 15) is 0 Å². The first-order chi connectivity index (χ1) is 25.2. The van der Waals surface area contributed by atoms with E-state index in [2.05, 4.69) is 183 Å². The molecule has 0 radical (unpaired) electrons. The monoisotopic (exact) mass is 650 g/mol. The Morgan fingerprint density at radius 2 is 0.922 bits per heavy atom. The lowest BCUT2D eigenvalue weighted by Gasteiger charge is -2.18. The first-order valence-electron chi connectivity index (χ1n) is 18.0. The Morgan fingerprint density at radius 3 is 1.57 bits per heavy atom. The van der Waals surface area contributed by atoms with Gasteiger partial charge >= 0.3 is 0 Å². The Labute approximate surface area is 300 Å². The van der Waals surface area contributed by atoms with E-state index < -0.39 is 0 Å². The number of hydrogen-bond acceptors (Lipinski definition) is 0. The third kappa shape index (κ3) is 5.32. The lowest BCUT2D eigenvalue weighted by molar-refractivity contribution is 0.920. The van der Waals surface area contributed by atoms with Gasteiger partial charge in [-0.15, -0.1) is 0 Å². The predicted octanol–water partition coefficient (Wildman–Crippen LogP) is 14.6. The number of hydrogen-bond donors (Lipinski definition) is 0. The standard InChI is InChI=1S/C51H38/c1-3-14-35-25-30-39(31-34(35)4-2)38-16-13-17-41(32-38)51-47-23-11-9-21-45(47)50(46-22-10-12-24-48(46)51)37-28-26-36(27-29-37)49-33-40-15-5-6-18-42(40)43-19-7-8-20-44(43)49/h4-13,15-33H,2-3,14H2,1H3. The highest BCUT2D eigenvalue weighted by Crippen LogP contribution is 2.45. The van der Waals surface area contributed by atoms with Crippen LogP contribution in [0.1, 0.15) is 24.5 Å². The molecule has 9 rings (SSSR count). The van der Waals surface area contributed by atoms with Crippen LogP contribution in [0.5, 0.6) is 0 Å². The van der Waals surface area contributed by atoms with Gasteiger partial charge in [-0.25, -0.2) is 0 Å². The molecule has 0 N–H and O–H groups in total. The molecule has 0 unspecified atom stereocenters. The molecule has 0 saturated carbocycles. The molecule has 0 aromatic heterocycles. The first kappa shape index (κ1) is 30.8. The summed E-state index contributed by atoms with van der Waals surface area (Å²) < 4.78 is 0. The van der Waals surface area contributed by atoms with Crippen LogP contribution < -0.4 is 0 Å². The van der Waals surface area contributed by atoms with E-state index in [0.29, 0.717) is 0 Å². The topological polar surface area (TPSA) is 0 Å². The molecule has 9 aromatic carbocycles. The van der Waals surface area contributed by atoms with Gasteiger partial charge in [0.2, 0.25) is 0 Å². The summed E-state index contributed by atoms with van der Waals surface area (Å²) in [5, 5.41) is 10.2. The smallest absolute Gasteiger partial charge is 0.00262 e. The van der Waals surface area contributed by atoms with Crippen LogP contribution in [-0.4, -0.2) is 0 Å². The highest BCUT2D eigenvalue weighted by atomic mass is 14.2. The third-order valence-electron chi connectivity index (χ3n) is 10.6. The lowest BCUT2D eigenvalue weighted by atomic mass is 9.85. The second-order valence-corrected chi connectivity index (χ2v) is 13.6. The van der Waals surface area contributed by atoms with Gasteiger partial charge < -0.3 is 0 Å². The zero-order chi connectivity index (χ0) is 34.3. The molecule has 0 amide bonds. The summed E-state index contributed by atoms with van der Waals surface area (Å²) in [6.07, 6.45) is 4.18. The molecule has 0 heteroatoms. The van der Waals surface area contributed by atoms with Crippen molar-refractivity contribution in [3.63, 3.8) is 0 Å². The van der Waals surface area contributed by atoms with E-state index in [1.54, 1.807) is 0 Å². The van der Waals surface area contributed by atoms with Gasteiger partial charge in [0.1, 0.15) is 0 Å². The first-order valence-corrected chi connectivity index (χ1v) is 18.0. The molecule has 0 spiro atoms. The number of aryl methyl sites for hydroxylation is 1. The van der Waals surface area contributed by atoms with Crippen LogP contribution in [0.2, 0.25) is 0 Å². The van der Waals surface area contributed by atoms with Crippen LogP contribution in [0.4, 0.5) is 0 Å². The van der Waals surface area contributed by atoms with Gasteiger partial charge in [-0.3, -0.25) is 0 Å². The van der Waals surface area contributed by atoms with E-state index in [4.69, 9.17) is 0 Å². The van der Waals surface area contributed by atoms with Crippen molar-refractivity contribution >= 4 is 49.2 Å². The Kier molecular flexibility index (Phi) is 7.79. The molecule has 9 aromatic rings. The maximum atomic E-state index is 4.12. The van der Waals surface area contributed by atoms with Crippen LogP contribution >= 0.6 is 0 Å². The molecule has 0 aliphatic heterocycles. The number of benzene rings is 9. The molecular weight excluding hydrogens is 613 g/mol. The summed E-state index contributed by atoms with van der Waals surface area (Å²) in [4.78, 5) is 0. The molecular formula is C51H38. The average molecular weight is 651 g/mol. The molecule has 0 saturated heterocycles. The maximum absolute atomic E-state index is 4.12. The summed E-state index contributed by atoms with van der Waals surface area (Å²) >= 11 is 0. The molecule has 0 fully saturated rings. The van der Waals surface area contributed by atoms with Crippen molar-refractivity contribution in [1.29, 1.82) is 0 Å². The third-order valence-corrected chi connectivity index (χ3v) is 10.6. The summed E-state index contributed by atoms with van der Waals surface area (Å²) in [6, 6.07) is 62.8. The van der Waals surface area contributed by atoms with Crippen LogP contribution in [-0.2, 0) is 6.42 Å². The summed E-state index contributed by atoms with van der Waals surface area (Å²) in [6.45, 7) is 6.35. The van der Waals surface area contributed by atoms with E-state index >= 15 is 0 Å². The van der Waals surface area contributed by atoms with Crippen molar-refractivity contribution in [2.24, 2.45) is 0 Å². The maximum Gasteiger partial charge on any atom is -0.00262 e. The van der Waals surface area contributed by atoms with Crippen LogP contribution in [0, 0.1) is 0 Å². The molecule has 0 nitrogen and oxygen atoms in total. The molecule has 0 atom stereocenters. The van der Waals surface area contributed by atoms with E-state index in [-0.39, 0.29) is 0 Å². The summed E-state index contributed by atoms with van der Waals surface area (Å²) in [7, 11) is 0. The molecule has 0 heterocycles. The molecule has 242 valence electrons. The largest absolute Gasteiger partial charge is 0.0985 e. The number of fused-ring (bicyclic) bond motifs is 5. The zero-order valence-corrected chi connectivity index (χ0v) is 28.9. The molecule has 51 heavy (non-hydrogen) atoms. The van der Waals surface area contributed by atoms with E-state index in [1.165, 1.54) is 98.7 Å². The fourth-order valence-electron chi connectivity index (χ4n) is 8.18. The Bertz CT molecular complexity index is 2700. The highest BCUT2D eigenvalue weighted by Gasteiger charge is 2.17. The van der Waals surface area contributed by atoms with Crippen LogP contribution in [0.25, 0.3) is 93.7 Å². The Balaban J connectivity index is 1.20. The van der Waals surface area contributed by atoms with E-state index in [1.807, 2.05) is 6.08 Å². The summed E-state index contributed by atoms with van der Waals surface area (Å²) in [5.74, 6) is 0. The minimum absolute atomic E-state index is 1.06. The van der Waals surface area contributed by atoms with Gasteiger partial charge in [-0.05, 0) is 123 Å². The van der Waals surface area contributed by atoms with Crippen molar-refractivity contribution in [3.8, 4) is 44.5 Å². The van der Waals surface area contributed by atoms with E-state index in [0.717, 1.165) is 12.8 Å². The minimum atomic E-state index is 1.06. The van der Waals surface area contributed by atoms with Gasteiger partial charge in [0.15, 0.2) is 0 Å². The van der Waals surface area contributed by atoms with Crippen molar-refractivity contribution in [1.82, 2.24) is 0 Å². The second kappa shape index (κ2) is 12.9. The Morgan fingerprint density at radius 1 is 0.412 bits per heavy atom. The zero-order valence-electron chi connectivity index (χ0n) is 28.9. The Hall–Kier alpha value is -6.24. The highest BCUT2D eigenvalue weighted by molar-refractivity contribution is 6.21. The fourth-order valence-corrected chi connectivity index (χ4v) is 8.18. The van der Waals surface area contributed by atoms with Gasteiger partial charge in [-0.1, -0.05) is 178 Å². The number of rotatable bonds is 7. The van der Waals surface area contributed by atoms with Crippen molar-refractivity contribution in [3.05, 3.63) is 188 Å². The fraction of sp³-hybridized carbons (Fsp3) is 0.0588. The normalized spacial score (nSPS) is 11.5. The van der Waals surface area contributed by atoms with Crippen molar-refractivity contribution in [2.75, 3.05) is 0 Å². The van der Waals surface area contributed by atoms with Crippen molar-refractivity contribution < 1.29 is 0 Å². The predicted molar refractivity (Wildman–Crippen MR) is 222 cm³/mol.